The Bertz CT molecular complexity index is 649. The summed E-state index contributed by atoms with van der Waals surface area (Å²) < 4.78 is 3.71. The molecule has 0 aromatic heterocycles. The molecule has 0 nitrogen and oxygen atoms in total. The van der Waals surface area contributed by atoms with Crippen LogP contribution >= 0.6 is 0 Å². The second-order valence-corrected chi connectivity index (χ2v) is 9.89. The molecule has 0 bridgehead atoms. The SMILES string of the molecule is [Mo]#[C][Si](c1ccccc1)(c1ccccc1)c1ccccc1. The molecule has 0 unspecified atom stereocenters. The summed E-state index contributed by atoms with van der Waals surface area (Å²) in [6, 6.07) is 32.4. The fourth-order valence-electron chi connectivity index (χ4n) is 2.74. The predicted octanol–water partition coefficient (Wildman–Crippen LogP) is 2.20. The molecule has 101 valence electrons. The molecule has 2 heteroatoms. The van der Waals surface area contributed by atoms with Crippen LogP contribution in [0.5, 0.6) is 0 Å². The topological polar surface area (TPSA) is 0 Å². The van der Waals surface area contributed by atoms with E-state index in [0.29, 0.717) is 0 Å². The van der Waals surface area contributed by atoms with Crippen molar-refractivity contribution in [2.45, 2.75) is 0 Å². The summed E-state index contributed by atoms with van der Waals surface area (Å²) in [6.45, 7) is 0. The van der Waals surface area contributed by atoms with Crippen LogP contribution in [-0.2, 0) is 19.2 Å². The zero-order valence-corrected chi connectivity index (χ0v) is 14.6. The van der Waals surface area contributed by atoms with Crippen LogP contribution in [0.2, 0.25) is 0 Å². The second-order valence-electron chi connectivity index (χ2n) is 4.95. The van der Waals surface area contributed by atoms with Gasteiger partial charge in [0.15, 0.2) is 0 Å². The molecule has 0 spiro atoms. The van der Waals surface area contributed by atoms with Gasteiger partial charge in [0.1, 0.15) is 0 Å². The molecule has 0 amide bonds. The van der Waals surface area contributed by atoms with Crippen molar-refractivity contribution in [2.75, 3.05) is 0 Å². The summed E-state index contributed by atoms with van der Waals surface area (Å²) in [5.74, 6) is 0. The molecule has 0 aliphatic rings. The third kappa shape index (κ3) is 2.61. The monoisotopic (exact) mass is 369 g/mol. The molecule has 21 heavy (non-hydrogen) atoms. The quantitative estimate of drug-likeness (QED) is 0.492. The zero-order valence-electron chi connectivity index (χ0n) is 11.6. The van der Waals surface area contributed by atoms with Gasteiger partial charge in [-0.3, -0.25) is 0 Å². The Balaban J connectivity index is 2.32. The Morgan fingerprint density at radius 3 is 1.05 bits per heavy atom. The molecule has 0 atom stereocenters. The van der Waals surface area contributed by atoms with Gasteiger partial charge in [-0.15, -0.1) is 0 Å². The molecule has 0 fully saturated rings. The van der Waals surface area contributed by atoms with E-state index in [0.717, 1.165) is 0 Å². The Morgan fingerprint density at radius 2 is 0.810 bits per heavy atom. The van der Waals surface area contributed by atoms with E-state index in [9.17, 15) is 0 Å². The zero-order chi connectivity index (χ0) is 14.5. The third-order valence-electron chi connectivity index (χ3n) is 3.77. The van der Waals surface area contributed by atoms with Gasteiger partial charge in [0.05, 0.1) is 0 Å². The van der Waals surface area contributed by atoms with Crippen molar-refractivity contribution in [3.63, 3.8) is 0 Å². The van der Waals surface area contributed by atoms with Gasteiger partial charge < -0.3 is 0 Å². The van der Waals surface area contributed by atoms with Gasteiger partial charge >= 0.3 is 138 Å². The molecular formula is C19H15MoSi. The number of rotatable bonds is 3. The van der Waals surface area contributed by atoms with Crippen LogP contribution in [0.3, 0.4) is 0 Å². The molecule has 3 aromatic carbocycles. The first kappa shape index (κ1) is 14.3. The van der Waals surface area contributed by atoms with Gasteiger partial charge in [-0.2, -0.15) is 0 Å². The van der Waals surface area contributed by atoms with E-state index in [1.54, 1.807) is 0 Å². The van der Waals surface area contributed by atoms with Crippen molar-refractivity contribution in [3.05, 3.63) is 91.0 Å². The van der Waals surface area contributed by atoms with Crippen molar-refractivity contribution in [2.24, 2.45) is 0 Å². The van der Waals surface area contributed by atoms with Crippen molar-refractivity contribution in [1.82, 2.24) is 0 Å². The average molecular weight is 367 g/mol. The van der Waals surface area contributed by atoms with E-state index < -0.39 is 8.07 Å². The minimum absolute atomic E-state index is 1.38. The first-order chi connectivity index (χ1) is 10.4. The molecule has 0 saturated carbocycles. The van der Waals surface area contributed by atoms with Crippen molar-refractivity contribution in [3.8, 4) is 3.83 Å². The van der Waals surface area contributed by atoms with Gasteiger partial charge in [-0.05, 0) is 0 Å². The van der Waals surface area contributed by atoms with Crippen LogP contribution in [0.4, 0.5) is 0 Å². The summed E-state index contributed by atoms with van der Waals surface area (Å²) in [6.07, 6.45) is 0. The minimum atomic E-state index is -2.14. The molecule has 0 radical (unpaired) electrons. The van der Waals surface area contributed by atoms with E-state index >= 15 is 0 Å². The summed E-state index contributed by atoms with van der Waals surface area (Å²) in [4.78, 5) is 0. The van der Waals surface area contributed by atoms with Crippen LogP contribution in [0, 0.1) is 3.83 Å². The standard InChI is InChI=1S/C19H15Si.Mo/c1-20(17-11-5-2-6-12-17,18-13-7-3-8-14-18)19-15-9-4-10-16-19;/h2-16H;. The van der Waals surface area contributed by atoms with Crippen LogP contribution in [0.15, 0.2) is 91.0 Å². The molecule has 3 aromatic rings. The summed E-state index contributed by atoms with van der Waals surface area (Å²) in [5, 5.41) is 4.15. The van der Waals surface area contributed by atoms with Crippen molar-refractivity contribution >= 4 is 23.6 Å². The van der Waals surface area contributed by atoms with E-state index in [-0.39, 0.29) is 0 Å². The van der Waals surface area contributed by atoms with E-state index in [2.05, 4.69) is 94.8 Å². The van der Waals surface area contributed by atoms with Gasteiger partial charge in [0.25, 0.3) is 0 Å². The maximum absolute atomic E-state index is 3.71. The molecule has 0 aliphatic carbocycles. The molecule has 0 saturated heterocycles. The normalized spacial score (nSPS) is 10.8. The fraction of sp³-hybridized carbons (Fsp3) is 0. The van der Waals surface area contributed by atoms with Gasteiger partial charge in [0.2, 0.25) is 0 Å². The Kier molecular flexibility index (Phi) is 4.36. The number of benzene rings is 3. The first-order valence-electron chi connectivity index (χ1n) is 6.94. The molecule has 0 aliphatic heterocycles. The summed E-state index contributed by atoms with van der Waals surface area (Å²) in [5.41, 5.74) is 0. The van der Waals surface area contributed by atoms with Gasteiger partial charge in [-0.1, -0.05) is 0 Å². The number of hydrogen-bond donors (Lipinski definition) is 0. The Hall–Kier alpha value is -1.65. The maximum atomic E-state index is 3.71. The number of hydrogen-bond acceptors (Lipinski definition) is 0. The van der Waals surface area contributed by atoms with Crippen LogP contribution < -0.4 is 15.6 Å². The average Bonchev–Trinajstić information content (AvgIpc) is 2.59. The third-order valence-corrected chi connectivity index (χ3v) is 9.94. The van der Waals surface area contributed by atoms with Crippen molar-refractivity contribution in [1.29, 1.82) is 0 Å². The Labute approximate surface area is 137 Å². The predicted molar refractivity (Wildman–Crippen MR) is 87.9 cm³/mol. The fourth-order valence-corrected chi connectivity index (χ4v) is 8.78. The van der Waals surface area contributed by atoms with Crippen LogP contribution in [0.1, 0.15) is 0 Å². The molecule has 0 N–H and O–H groups in total. The molecule has 0 heterocycles. The molecular weight excluding hydrogens is 352 g/mol. The van der Waals surface area contributed by atoms with Crippen molar-refractivity contribution < 1.29 is 19.2 Å². The Morgan fingerprint density at radius 1 is 0.524 bits per heavy atom. The second kappa shape index (κ2) is 6.41. The molecule has 3 rings (SSSR count). The first-order valence-corrected chi connectivity index (χ1v) is 9.94. The summed E-state index contributed by atoms with van der Waals surface area (Å²) in [7, 11) is -2.14. The van der Waals surface area contributed by atoms with E-state index in [4.69, 9.17) is 0 Å². The summed E-state index contributed by atoms with van der Waals surface area (Å²) >= 11 is 2.00. The van der Waals surface area contributed by atoms with E-state index in [1.165, 1.54) is 15.6 Å². The van der Waals surface area contributed by atoms with Gasteiger partial charge in [-0.25, -0.2) is 0 Å². The van der Waals surface area contributed by atoms with Gasteiger partial charge in [0, 0.05) is 0 Å². The van der Waals surface area contributed by atoms with Crippen LogP contribution in [-0.4, -0.2) is 8.07 Å². The van der Waals surface area contributed by atoms with Crippen LogP contribution in [0.25, 0.3) is 0 Å². The van der Waals surface area contributed by atoms with E-state index in [1.807, 2.05) is 19.2 Å².